The first-order valence-corrected chi connectivity index (χ1v) is 8.57. The van der Waals surface area contributed by atoms with E-state index in [-0.39, 0.29) is 5.91 Å². The third-order valence-electron chi connectivity index (χ3n) is 3.45. The number of thioether (sulfide) groups is 1. The highest BCUT2D eigenvalue weighted by atomic mass is 32.2. The van der Waals surface area contributed by atoms with Gasteiger partial charge in [-0.2, -0.15) is 5.10 Å². The topological polar surface area (TPSA) is 65.8 Å². The van der Waals surface area contributed by atoms with Crippen molar-refractivity contribution in [3.63, 3.8) is 0 Å². The molecule has 0 aromatic carbocycles. The molecule has 7 nitrogen and oxygen atoms in total. The van der Waals surface area contributed by atoms with Gasteiger partial charge >= 0.3 is 0 Å². The molecule has 124 valence electrons. The number of nitrogens with zero attached hydrogens (tertiary/aromatic N) is 5. The van der Waals surface area contributed by atoms with Gasteiger partial charge in [0, 0.05) is 45.7 Å². The van der Waals surface area contributed by atoms with Crippen molar-refractivity contribution in [3.8, 4) is 12.3 Å². The fraction of sp³-hybridized carbons (Fsp3) is 0.533. The Kier molecular flexibility index (Phi) is 6.35. The number of nitrogens with one attached hydrogen (secondary N) is 1. The summed E-state index contributed by atoms with van der Waals surface area (Å²) in [6.07, 6.45) is 8.78. The predicted octanol–water partition coefficient (Wildman–Crippen LogP) is 0.0105. The fourth-order valence-corrected chi connectivity index (χ4v) is 2.88. The van der Waals surface area contributed by atoms with E-state index in [1.54, 1.807) is 34.6 Å². The van der Waals surface area contributed by atoms with Crippen molar-refractivity contribution in [2.75, 3.05) is 49.6 Å². The van der Waals surface area contributed by atoms with E-state index in [9.17, 15) is 4.79 Å². The highest BCUT2D eigenvalue weighted by Gasteiger charge is 2.27. The maximum atomic E-state index is 12.4. The van der Waals surface area contributed by atoms with Crippen molar-refractivity contribution in [2.45, 2.75) is 0 Å². The fourth-order valence-electron chi connectivity index (χ4n) is 2.37. The maximum absolute atomic E-state index is 12.4. The zero-order valence-electron chi connectivity index (χ0n) is 13.5. The number of anilines is 1. The quantitative estimate of drug-likeness (QED) is 0.356. The summed E-state index contributed by atoms with van der Waals surface area (Å²) in [5.41, 5.74) is 0.839. The zero-order chi connectivity index (χ0) is 16.7. The Morgan fingerprint density at radius 3 is 3.00 bits per heavy atom. The van der Waals surface area contributed by atoms with Crippen LogP contribution < -0.4 is 10.2 Å². The summed E-state index contributed by atoms with van der Waals surface area (Å²) in [6.45, 7) is 2.44. The molecule has 8 heteroatoms. The van der Waals surface area contributed by atoms with Crippen LogP contribution in [0.15, 0.2) is 17.4 Å². The Bertz CT molecular complexity index is 605. The average molecular weight is 334 g/mol. The first kappa shape index (κ1) is 17.2. The molecule has 1 amide bonds. The smallest absolute Gasteiger partial charge is 0.246 e. The van der Waals surface area contributed by atoms with Crippen LogP contribution in [-0.4, -0.2) is 71.3 Å². The van der Waals surface area contributed by atoms with Gasteiger partial charge in [-0.25, -0.2) is 0 Å². The molecule has 1 saturated heterocycles. The number of aromatic nitrogens is 2. The number of carbonyl (C=O) groups excluding carboxylic acids is 1. The van der Waals surface area contributed by atoms with Gasteiger partial charge in [0.25, 0.3) is 0 Å². The molecule has 1 aliphatic heterocycles. The summed E-state index contributed by atoms with van der Waals surface area (Å²) in [7, 11) is 3.57. The maximum Gasteiger partial charge on any atom is 0.246 e. The molecule has 0 aliphatic carbocycles. The van der Waals surface area contributed by atoms with Crippen molar-refractivity contribution in [1.82, 2.24) is 20.0 Å². The molecule has 23 heavy (non-hydrogen) atoms. The normalized spacial score (nSPS) is 15.7. The van der Waals surface area contributed by atoms with Crippen LogP contribution in [0, 0.1) is 12.3 Å². The molecule has 0 atom stereocenters. The van der Waals surface area contributed by atoms with Gasteiger partial charge in [-0.05, 0) is 0 Å². The van der Waals surface area contributed by atoms with Crippen LogP contribution in [0.1, 0.15) is 0 Å². The standard InChI is InChI=1S/C15H22N6OS/c1-4-8-23-9-5-17-15(16-2)20-6-7-21(14(22)12-20)13-10-18-19(3)11-13/h1,10-11H,5-9,12H2,2-3H3,(H,16,17). The average Bonchev–Trinajstić information content (AvgIpc) is 2.97. The van der Waals surface area contributed by atoms with Gasteiger partial charge in [0.05, 0.1) is 17.6 Å². The molecule has 1 aromatic heterocycles. The summed E-state index contributed by atoms with van der Waals surface area (Å²) >= 11 is 1.70. The summed E-state index contributed by atoms with van der Waals surface area (Å²) in [6, 6.07) is 0. The van der Waals surface area contributed by atoms with Crippen LogP contribution in [0.2, 0.25) is 0 Å². The number of guanidine groups is 1. The second-order valence-corrected chi connectivity index (χ2v) is 6.18. The lowest BCUT2D eigenvalue weighted by molar-refractivity contribution is -0.120. The summed E-state index contributed by atoms with van der Waals surface area (Å²) < 4.78 is 1.70. The number of hydrogen-bond acceptors (Lipinski definition) is 4. The zero-order valence-corrected chi connectivity index (χ0v) is 14.3. The van der Waals surface area contributed by atoms with Crippen LogP contribution in [0.5, 0.6) is 0 Å². The van der Waals surface area contributed by atoms with E-state index in [1.165, 1.54) is 0 Å². The van der Waals surface area contributed by atoms with E-state index in [1.807, 2.05) is 18.1 Å². The Hall–Kier alpha value is -2.14. The second kappa shape index (κ2) is 8.48. The van der Waals surface area contributed by atoms with E-state index < -0.39 is 0 Å². The molecule has 0 radical (unpaired) electrons. The second-order valence-electron chi connectivity index (χ2n) is 5.07. The van der Waals surface area contributed by atoms with Crippen LogP contribution in [0.25, 0.3) is 0 Å². The van der Waals surface area contributed by atoms with Crippen molar-refractivity contribution in [2.24, 2.45) is 12.0 Å². The summed E-state index contributed by atoms with van der Waals surface area (Å²) in [4.78, 5) is 20.4. The van der Waals surface area contributed by atoms with Gasteiger partial charge < -0.3 is 15.1 Å². The molecule has 0 saturated carbocycles. The van der Waals surface area contributed by atoms with Crippen molar-refractivity contribution in [3.05, 3.63) is 12.4 Å². The highest BCUT2D eigenvalue weighted by Crippen LogP contribution is 2.15. The number of rotatable bonds is 5. The number of amides is 1. The molecule has 2 rings (SSSR count). The third-order valence-corrected chi connectivity index (χ3v) is 4.31. The lowest BCUT2D eigenvalue weighted by atomic mass is 10.3. The molecule has 0 unspecified atom stereocenters. The van der Waals surface area contributed by atoms with Crippen molar-refractivity contribution in [1.29, 1.82) is 0 Å². The van der Waals surface area contributed by atoms with E-state index in [2.05, 4.69) is 21.3 Å². The summed E-state index contributed by atoms with van der Waals surface area (Å²) in [5, 5.41) is 7.39. The lowest BCUT2D eigenvalue weighted by Gasteiger charge is -2.35. The van der Waals surface area contributed by atoms with Crippen LogP contribution in [-0.2, 0) is 11.8 Å². The van der Waals surface area contributed by atoms with E-state index in [0.29, 0.717) is 18.8 Å². The van der Waals surface area contributed by atoms with Gasteiger partial charge in [0.15, 0.2) is 5.96 Å². The Balaban J connectivity index is 1.85. The molecule has 1 fully saturated rings. The van der Waals surface area contributed by atoms with E-state index >= 15 is 0 Å². The Morgan fingerprint density at radius 2 is 2.39 bits per heavy atom. The van der Waals surface area contributed by atoms with Crippen LogP contribution >= 0.6 is 11.8 Å². The first-order valence-electron chi connectivity index (χ1n) is 7.41. The number of carbonyl (C=O) groups is 1. The lowest BCUT2D eigenvalue weighted by Crippen LogP contribution is -2.55. The molecular formula is C15H22N6OS. The molecule has 0 bridgehead atoms. The largest absolute Gasteiger partial charge is 0.355 e. The third kappa shape index (κ3) is 4.66. The van der Waals surface area contributed by atoms with Crippen LogP contribution in [0.3, 0.4) is 0 Å². The van der Waals surface area contributed by atoms with Crippen molar-refractivity contribution >= 4 is 29.3 Å². The minimum absolute atomic E-state index is 0.0499. The van der Waals surface area contributed by atoms with Gasteiger partial charge in [-0.1, -0.05) is 5.92 Å². The minimum Gasteiger partial charge on any atom is -0.355 e. The van der Waals surface area contributed by atoms with Crippen molar-refractivity contribution < 1.29 is 4.79 Å². The highest BCUT2D eigenvalue weighted by molar-refractivity contribution is 7.99. The predicted molar refractivity (Wildman–Crippen MR) is 94.7 cm³/mol. The molecule has 1 N–H and O–H groups in total. The number of hydrogen-bond donors (Lipinski definition) is 1. The summed E-state index contributed by atoms with van der Waals surface area (Å²) in [5.74, 6) is 5.02. The number of piperazine rings is 1. The molecule has 1 aromatic rings. The van der Waals surface area contributed by atoms with E-state index in [0.717, 1.165) is 30.5 Å². The molecule has 2 heterocycles. The van der Waals surface area contributed by atoms with Crippen LogP contribution in [0.4, 0.5) is 5.69 Å². The van der Waals surface area contributed by atoms with Gasteiger partial charge in [-0.15, -0.1) is 18.2 Å². The molecular weight excluding hydrogens is 312 g/mol. The minimum atomic E-state index is 0.0499. The monoisotopic (exact) mass is 334 g/mol. The molecule has 1 aliphatic rings. The SMILES string of the molecule is C#CCSCCNC(=NC)N1CCN(c2cnn(C)c2)C(=O)C1. The van der Waals surface area contributed by atoms with E-state index in [4.69, 9.17) is 6.42 Å². The first-order chi connectivity index (χ1) is 11.2. The number of aliphatic imine (C=N–C) groups is 1. The molecule has 0 spiro atoms. The van der Waals surface area contributed by atoms with Gasteiger partial charge in [0.2, 0.25) is 5.91 Å². The number of terminal acetylenes is 1. The number of aryl methyl sites for hydroxylation is 1. The van der Waals surface area contributed by atoms with Gasteiger partial charge in [0.1, 0.15) is 6.54 Å². The Morgan fingerprint density at radius 1 is 1.57 bits per heavy atom. The van der Waals surface area contributed by atoms with Gasteiger partial charge in [-0.3, -0.25) is 14.5 Å². The Labute approximate surface area is 141 Å².